The predicted molar refractivity (Wildman–Crippen MR) is 87.7 cm³/mol. The van der Waals surface area contributed by atoms with Crippen LogP contribution in [0.2, 0.25) is 0 Å². The van der Waals surface area contributed by atoms with E-state index in [0.717, 1.165) is 31.1 Å². The first-order chi connectivity index (χ1) is 10.3. The summed E-state index contributed by atoms with van der Waals surface area (Å²) in [5.41, 5.74) is 2.33. The third-order valence-corrected chi connectivity index (χ3v) is 5.18. The normalized spacial score (nSPS) is 22.7. The number of anilines is 1. The smallest absolute Gasteiger partial charge is 0.0807 e. The molecule has 0 amide bonds. The lowest BCUT2D eigenvalue weighted by Gasteiger charge is -2.40. The van der Waals surface area contributed by atoms with Crippen LogP contribution in [0.4, 0.5) is 5.69 Å². The van der Waals surface area contributed by atoms with Crippen molar-refractivity contribution in [2.45, 2.75) is 51.2 Å². The van der Waals surface area contributed by atoms with Crippen molar-refractivity contribution in [3.8, 4) is 0 Å². The molecule has 1 aliphatic heterocycles. The summed E-state index contributed by atoms with van der Waals surface area (Å²) in [4.78, 5) is 5.14. The zero-order valence-electron chi connectivity index (χ0n) is 13.2. The van der Waals surface area contributed by atoms with Gasteiger partial charge in [0.15, 0.2) is 0 Å². The Morgan fingerprint density at radius 3 is 2.43 bits per heavy atom. The van der Waals surface area contributed by atoms with Crippen molar-refractivity contribution in [2.24, 2.45) is 0 Å². The third kappa shape index (κ3) is 3.24. The summed E-state index contributed by atoms with van der Waals surface area (Å²) in [5.74, 6) is 0. The van der Waals surface area contributed by atoms with E-state index < -0.39 is 0 Å². The van der Waals surface area contributed by atoms with Crippen LogP contribution in [-0.2, 0) is 0 Å². The fraction of sp³-hybridized carbons (Fsp3) is 0.667. The maximum Gasteiger partial charge on any atom is 0.0807 e. The van der Waals surface area contributed by atoms with Crippen LogP contribution in [0.1, 0.15) is 50.7 Å². The molecule has 1 N–H and O–H groups in total. The van der Waals surface area contributed by atoms with Gasteiger partial charge in [0.1, 0.15) is 0 Å². The van der Waals surface area contributed by atoms with Crippen molar-refractivity contribution < 1.29 is 5.11 Å². The molecule has 0 unspecified atom stereocenters. The number of aliphatic hydroxyl groups is 1. The summed E-state index contributed by atoms with van der Waals surface area (Å²) >= 11 is 0. The summed E-state index contributed by atoms with van der Waals surface area (Å²) in [6.07, 6.45) is 6.05. The second-order valence-corrected chi connectivity index (χ2v) is 6.44. The van der Waals surface area contributed by atoms with Crippen LogP contribution >= 0.6 is 0 Å². The first-order valence-electron chi connectivity index (χ1n) is 8.55. The number of rotatable bonds is 4. The van der Waals surface area contributed by atoms with E-state index in [1.54, 1.807) is 0 Å². The van der Waals surface area contributed by atoms with Gasteiger partial charge >= 0.3 is 0 Å². The van der Waals surface area contributed by atoms with Gasteiger partial charge in [0.2, 0.25) is 0 Å². The van der Waals surface area contributed by atoms with Gasteiger partial charge in [-0.05, 0) is 25.3 Å². The Morgan fingerprint density at radius 1 is 1.10 bits per heavy atom. The van der Waals surface area contributed by atoms with Gasteiger partial charge < -0.3 is 10.0 Å². The van der Waals surface area contributed by atoms with Crippen LogP contribution in [0.15, 0.2) is 24.3 Å². The molecule has 1 aromatic carbocycles. The highest BCUT2D eigenvalue weighted by Gasteiger charge is 2.27. The quantitative estimate of drug-likeness (QED) is 0.921. The Labute approximate surface area is 128 Å². The minimum Gasteiger partial charge on any atom is -0.388 e. The Morgan fingerprint density at radius 2 is 1.76 bits per heavy atom. The molecule has 3 rings (SSSR count). The number of aliphatic hydroxyl groups excluding tert-OH is 1. The van der Waals surface area contributed by atoms with E-state index in [2.05, 4.69) is 28.0 Å². The van der Waals surface area contributed by atoms with E-state index >= 15 is 0 Å². The fourth-order valence-corrected chi connectivity index (χ4v) is 3.87. The molecule has 1 aromatic rings. The summed E-state index contributed by atoms with van der Waals surface area (Å²) in [6.45, 7) is 6.55. The van der Waals surface area contributed by atoms with Gasteiger partial charge in [0.05, 0.1) is 6.10 Å². The number of piperazine rings is 1. The highest BCUT2D eigenvalue weighted by Crippen LogP contribution is 2.30. The van der Waals surface area contributed by atoms with Crippen LogP contribution in [0.5, 0.6) is 0 Å². The SMILES string of the molecule is CC[C@H](O)c1ccccc1N1CCN(C2CCCC2)CC1. The molecule has 2 aliphatic rings. The predicted octanol–water partition coefficient (Wildman–Crippen LogP) is 3.19. The fourth-order valence-electron chi connectivity index (χ4n) is 3.87. The summed E-state index contributed by atoms with van der Waals surface area (Å²) in [5, 5.41) is 10.2. The van der Waals surface area contributed by atoms with Crippen molar-refractivity contribution in [3.63, 3.8) is 0 Å². The highest BCUT2D eigenvalue weighted by atomic mass is 16.3. The Balaban J connectivity index is 1.66. The van der Waals surface area contributed by atoms with E-state index in [9.17, 15) is 5.11 Å². The van der Waals surface area contributed by atoms with Gasteiger partial charge in [0, 0.05) is 43.5 Å². The average Bonchev–Trinajstić information content (AvgIpc) is 3.09. The van der Waals surface area contributed by atoms with E-state index in [0.29, 0.717) is 0 Å². The Bertz CT molecular complexity index is 448. The second-order valence-electron chi connectivity index (χ2n) is 6.44. The number of benzene rings is 1. The molecule has 1 aliphatic carbocycles. The molecule has 3 heteroatoms. The van der Waals surface area contributed by atoms with Gasteiger partial charge in [-0.1, -0.05) is 38.0 Å². The van der Waals surface area contributed by atoms with Crippen LogP contribution < -0.4 is 4.90 Å². The lowest BCUT2D eigenvalue weighted by Crippen LogP contribution is -2.50. The number of hydrogen-bond donors (Lipinski definition) is 1. The lowest BCUT2D eigenvalue weighted by atomic mass is 10.0. The third-order valence-electron chi connectivity index (χ3n) is 5.18. The van der Waals surface area contributed by atoms with Gasteiger partial charge in [-0.2, -0.15) is 0 Å². The zero-order valence-corrected chi connectivity index (χ0v) is 13.2. The van der Waals surface area contributed by atoms with Crippen molar-refractivity contribution in [2.75, 3.05) is 31.1 Å². The molecule has 0 spiro atoms. The largest absolute Gasteiger partial charge is 0.388 e. The van der Waals surface area contributed by atoms with Crippen molar-refractivity contribution in [3.05, 3.63) is 29.8 Å². The Kier molecular flexibility index (Phi) is 4.81. The molecular weight excluding hydrogens is 260 g/mol. The van der Waals surface area contributed by atoms with Gasteiger partial charge in [-0.3, -0.25) is 4.90 Å². The van der Waals surface area contributed by atoms with Crippen molar-refractivity contribution in [1.82, 2.24) is 4.90 Å². The first-order valence-corrected chi connectivity index (χ1v) is 8.55. The monoisotopic (exact) mass is 288 g/mol. The highest BCUT2D eigenvalue weighted by molar-refractivity contribution is 5.55. The van der Waals surface area contributed by atoms with E-state index in [1.807, 2.05) is 13.0 Å². The molecule has 2 fully saturated rings. The van der Waals surface area contributed by atoms with E-state index in [4.69, 9.17) is 0 Å². The van der Waals surface area contributed by atoms with Gasteiger partial charge in [-0.15, -0.1) is 0 Å². The molecule has 1 atom stereocenters. The molecule has 1 saturated carbocycles. The maximum absolute atomic E-state index is 10.2. The molecule has 3 nitrogen and oxygen atoms in total. The molecule has 1 heterocycles. The minimum absolute atomic E-state index is 0.339. The maximum atomic E-state index is 10.2. The number of hydrogen-bond acceptors (Lipinski definition) is 3. The second kappa shape index (κ2) is 6.80. The number of nitrogens with zero attached hydrogens (tertiary/aromatic N) is 2. The summed E-state index contributed by atoms with van der Waals surface area (Å²) in [7, 11) is 0. The topological polar surface area (TPSA) is 26.7 Å². The van der Waals surface area contributed by atoms with E-state index in [1.165, 1.54) is 44.5 Å². The minimum atomic E-state index is -0.339. The molecule has 0 aromatic heterocycles. The average molecular weight is 288 g/mol. The molecular formula is C18H28N2O. The van der Waals surface area contributed by atoms with Crippen molar-refractivity contribution in [1.29, 1.82) is 0 Å². The molecule has 0 radical (unpaired) electrons. The molecule has 116 valence electrons. The van der Waals surface area contributed by atoms with Gasteiger partial charge in [0.25, 0.3) is 0 Å². The van der Waals surface area contributed by atoms with Crippen LogP contribution in [0, 0.1) is 0 Å². The lowest BCUT2D eigenvalue weighted by molar-refractivity contribution is 0.171. The van der Waals surface area contributed by atoms with E-state index in [-0.39, 0.29) is 6.10 Å². The summed E-state index contributed by atoms with van der Waals surface area (Å²) in [6, 6.07) is 9.20. The zero-order chi connectivity index (χ0) is 14.7. The first kappa shape index (κ1) is 14.9. The van der Waals surface area contributed by atoms with Crippen LogP contribution in [-0.4, -0.2) is 42.2 Å². The number of para-hydroxylation sites is 1. The van der Waals surface area contributed by atoms with Crippen LogP contribution in [0.3, 0.4) is 0 Å². The molecule has 0 bridgehead atoms. The summed E-state index contributed by atoms with van der Waals surface area (Å²) < 4.78 is 0. The van der Waals surface area contributed by atoms with Gasteiger partial charge in [-0.25, -0.2) is 0 Å². The molecule has 21 heavy (non-hydrogen) atoms. The van der Waals surface area contributed by atoms with Crippen LogP contribution in [0.25, 0.3) is 0 Å². The standard InChI is InChI=1S/C18H28N2O/c1-2-18(21)16-9-5-6-10-17(16)20-13-11-19(12-14-20)15-7-3-4-8-15/h5-6,9-10,15,18,21H,2-4,7-8,11-14H2,1H3/t18-/m0/s1. The Hall–Kier alpha value is -1.06. The van der Waals surface area contributed by atoms with Crippen molar-refractivity contribution >= 4 is 5.69 Å². The molecule has 1 saturated heterocycles.